The van der Waals surface area contributed by atoms with Crippen molar-refractivity contribution in [2.24, 2.45) is 5.92 Å². The summed E-state index contributed by atoms with van der Waals surface area (Å²) >= 11 is 0. The van der Waals surface area contributed by atoms with Gasteiger partial charge in [-0.25, -0.2) is 4.39 Å². The Morgan fingerprint density at radius 3 is 2.75 bits per heavy atom. The molecule has 0 unspecified atom stereocenters. The van der Waals surface area contributed by atoms with Gasteiger partial charge in [-0.15, -0.1) is 0 Å². The van der Waals surface area contributed by atoms with E-state index in [2.05, 4.69) is 5.32 Å². The second kappa shape index (κ2) is 5.82. The Balaban J connectivity index is 1.71. The Labute approximate surface area is 138 Å². The molecular formula is C17H19FN2O4. The number of hydrogen-bond acceptors (Lipinski definition) is 4. The first kappa shape index (κ1) is 15.5. The van der Waals surface area contributed by atoms with Gasteiger partial charge in [0, 0.05) is 17.2 Å². The molecule has 1 N–H and O–H groups in total. The van der Waals surface area contributed by atoms with Gasteiger partial charge in [-0.05, 0) is 37.5 Å². The molecule has 2 heterocycles. The van der Waals surface area contributed by atoms with Crippen molar-refractivity contribution < 1.29 is 23.5 Å². The van der Waals surface area contributed by atoms with Crippen molar-refractivity contribution >= 4 is 23.2 Å². The highest BCUT2D eigenvalue weighted by atomic mass is 19.1. The average Bonchev–Trinajstić information content (AvgIpc) is 3.42. The fourth-order valence-corrected chi connectivity index (χ4v) is 3.22. The Bertz CT molecular complexity index is 683. The highest BCUT2D eigenvalue weighted by Gasteiger charge is 2.54. The molecule has 2 amide bonds. The second-order valence-corrected chi connectivity index (χ2v) is 6.31. The van der Waals surface area contributed by atoms with Gasteiger partial charge in [0.2, 0.25) is 5.91 Å². The maximum Gasteiger partial charge on any atom is 0.292 e. The molecular weight excluding hydrogens is 315 g/mol. The average molecular weight is 334 g/mol. The van der Waals surface area contributed by atoms with Crippen LogP contribution < -0.4 is 10.2 Å². The van der Waals surface area contributed by atoms with E-state index in [1.807, 2.05) is 0 Å². The molecule has 0 atom stereocenters. The minimum Gasteiger partial charge on any atom is -0.338 e. The lowest BCUT2D eigenvalue weighted by Gasteiger charge is -2.32. The third-order valence-electron chi connectivity index (χ3n) is 4.59. The predicted octanol–water partition coefficient (Wildman–Crippen LogP) is 1.94. The van der Waals surface area contributed by atoms with Gasteiger partial charge in [-0.2, -0.15) is 0 Å². The summed E-state index contributed by atoms with van der Waals surface area (Å²) in [6.07, 6.45) is 2.52. The van der Waals surface area contributed by atoms with Crippen molar-refractivity contribution in [3.8, 4) is 0 Å². The first-order chi connectivity index (χ1) is 11.7. The maximum absolute atomic E-state index is 12.9. The lowest BCUT2D eigenvalue weighted by molar-refractivity contribution is -0.256. The lowest BCUT2D eigenvalue weighted by Crippen LogP contribution is -2.47. The molecule has 1 aliphatic carbocycles. The summed E-state index contributed by atoms with van der Waals surface area (Å²) in [7, 11) is 0. The number of rotatable bonds is 4. The van der Waals surface area contributed by atoms with Gasteiger partial charge in [0.25, 0.3) is 11.7 Å². The first-order valence-electron chi connectivity index (χ1n) is 8.27. The monoisotopic (exact) mass is 334 g/mol. The number of halogens is 1. The van der Waals surface area contributed by atoms with Gasteiger partial charge < -0.3 is 19.7 Å². The molecule has 2 fully saturated rings. The summed E-state index contributed by atoms with van der Waals surface area (Å²) in [5, 5.41) is 2.86. The van der Waals surface area contributed by atoms with E-state index in [-0.39, 0.29) is 18.4 Å². The number of ether oxygens (including phenoxy) is 2. The van der Waals surface area contributed by atoms with Crippen molar-refractivity contribution in [2.75, 3.05) is 36.6 Å². The van der Waals surface area contributed by atoms with Crippen LogP contribution in [-0.2, 0) is 24.8 Å². The van der Waals surface area contributed by atoms with Crippen molar-refractivity contribution in [3.05, 3.63) is 23.8 Å². The highest BCUT2D eigenvalue weighted by Crippen LogP contribution is 2.46. The summed E-state index contributed by atoms with van der Waals surface area (Å²) in [6, 6.07) is 5.14. The molecule has 0 aromatic heterocycles. The molecule has 0 bridgehead atoms. The van der Waals surface area contributed by atoms with Crippen LogP contribution in [0.3, 0.4) is 0 Å². The Morgan fingerprint density at radius 2 is 2.08 bits per heavy atom. The van der Waals surface area contributed by atoms with Gasteiger partial charge in [0.1, 0.15) is 6.67 Å². The number of nitrogens with one attached hydrogen (secondary N) is 1. The van der Waals surface area contributed by atoms with Crippen LogP contribution >= 0.6 is 0 Å². The van der Waals surface area contributed by atoms with Crippen LogP contribution in [0.4, 0.5) is 15.8 Å². The Morgan fingerprint density at radius 1 is 1.33 bits per heavy atom. The van der Waals surface area contributed by atoms with Crippen LogP contribution in [-0.4, -0.2) is 38.2 Å². The molecule has 1 saturated heterocycles. The number of carbonyl (C=O) groups excluding carboxylic acids is 2. The van der Waals surface area contributed by atoms with E-state index in [4.69, 9.17) is 9.47 Å². The molecule has 4 rings (SSSR count). The second-order valence-electron chi connectivity index (χ2n) is 6.31. The van der Waals surface area contributed by atoms with Crippen LogP contribution in [0.5, 0.6) is 0 Å². The molecule has 1 saturated carbocycles. The number of alkyl halides is 1. The molecule has 1 aromatic rings. The van der Waals surface area contributed by atoms with Crippen molar-refractivity contribution in [1.82, 2.24) is 0 Å². The summed E-state index contributed by atoms with van der Waals surface area (Å²) in [4.78, 5) is 26.1. The normalized spacial score (nSPS) is 21.9. The summed E-state index contributed by atoms with van der Waals surface area (Å²) in [5.41, 5.74) is 1.70. The maximum atomic E-state index is 12.9. The van der Waals surface area contributed by atoms with Crippen LogP contribution in [0.1, 0.15) is 24.8 Å². The van der Waals surface area contributed by atoms with Gasteiger partial charge in [-0.3, -0.25) is 9.59 Å². The molecule has 128 valence electrons. The summed E-state index contributed by atoms with van der Waals surface area (Å²) in [5.74, 6) is -1.85. The third kappa shape index (κ3) is 2.39. The third-order valence-corrected chi connectivity index (χ3v) is 4.59. The summed E-state index contributed by atoms with van der Waals surface area (Å²) < 4.78 is 24.3. The largest absolute Gasteiger partial charge is 0.338 e. The summed E-state index contributed by atoms with van der Waals surface area (Å²) in [6.45, 7) is 0.0934. The zero-order chi connectivity index (χ0) is 16.7. The lowest BCUT2D eigenvalue weighted by atomic mass is 10.0. The molecule has 1 aromatic carbocycles. The number of nitrogens with zero attached hydrogens (tertiary/aromatic N) is 1. The van der Waals surface area contributed by atoms with Crippen molar-refractivity contribution in [1.29, 1.82) is 0 Å². The quantitative estimate of drug-likeness (QED) is 0.914. The molecule has 6 nitrogen and oxygen atoms in total. The zero-order valence-electron chi connectivity index (χ0n) is 13.2. The minimum atomic E-state index is -1.51. The van der Waals surface area contributed by atoms with Crippen molar-refractivity contribution in [2.45, 2.75) is 25.0 Å². The number of amides is 2. The van der Waals surface area contributed by atoms with Crippen LogP contribution in [0.15, 0.2) is 18.2 Å². The SMILES string of the molecule is O=C(Nc1ccc2c(c1)C1(OCCCO1)C(=O)N2CCF)C1CC1. The van der Waals surface area contributed by atoms with Gasteiger partial charge in [-0.1, -0.05) is 0 Å². The van der Waals surface area contributed by atoms with E-state index in [9.17, 15) is 14.0 Å². The van der Waals surface area contributed by atoms with E-state index in [0.29, 0.717) is 36.6 Å². The van der Waals surface area contributed by atoms with Crippen LogP contribution in [0, 0.1) is 5.92 Å². The van der Waals surface area contributed by atoms with Crippen molar-refractivity contribution in [3.63, 3.8) is 0 Å². The number of benzene rings is 1. The fraction of sp³-hybridized carbons (Fsp3) is 0.529. The van der Waals surface area contributed by atoms with E-state index in [1.165, 1.54) is 4.90 Å². The molecule has 3 aliphatic rings. The van der Waals surface area contributed by atoms with E-state index in [0.717, 1.165) is 12.8 Å². The van der Waals surface area contributed by atoms with Gasteiger partial charge >= 0.3 is 0 Å². The number of hydrogen-bond donors (Lipinski definition) is 1. The molecule has 24 heavy (non-hydrogen) atoms. The van der Waals surface area contributed by atoms with Gasteiger partial charge in [0.15, 0.2) is 0 Å². The zero-order valence-corrected chi connectivity index (χ0v) is 13.2. The Kier molecular flexibility index (Phi) is 3.77. The topological polar surface area (TPSA) is 67.9 Å². The number of anilines is 2. The molecule has 1 spiro atoms. The molecule has 7 heteroatoms. The minimum absolute atomic E-state index is 0.0144. The fourth-order valence-electron chi connectivity index (χ4n) is 3.22. The van der Waals surface area contributed by atoms with E-state index >= 15 is 0 Å². The highest BCUT2D eigenvalue weighted by molar-refractivity contribution is 6.07. The Hall–Kier alpha value is -1.99. The predicted molar refractivity (Wildman–Crippen MR) is 84.3 cm³/mol. The smallest absolute Gasteiger partial charge is 0.292 e. The van der Waals surface area contributed by atoms with Crippen LogP contribution in [0.2, 0.25) is 0 Å². The molecule has 2 aliphatic heterocycles. The standard InChI is InChI=1S/C17H19FN2O4/c18-6-7-20-14-5-4-12(19-15(21)11-2-3-11)10-13(14)17(16(20)22)23-8-1-9-24-17/h4-5,10-11H,1-3,6-9H2,(H,19,21). The number of carbonyl (C=O) groups is 2. The van der Waals surface area contributed by atoms with E-state index in [1.54, 1.807) is 18.2 Å². The number of fused-ring (bicyclic) bond motifs is 2. The van der Waals surface area contributed by atoms with Gasteiger partial charge in [0.05, 0.1) is 25.4 Å². The van der Waals surface area contributed by atoms with E-state index < -0.39 is 18.4 Å². The molecule has 0 radical (unpaired) electrons. The first-order valence-corrected chi connectivity index (χ1v) is 8.27. The van der Waals surface area contributed by atoms with Crippen LogP contribution in [0.25, 0.3) is 0 Å².